The summed E-state index contributed by atoms with van der Waals surface area (Å²) >= 11 is 0. The zero-order valence-corrected chi connectivity index (χ0v) is 8.66. The van der Waals surface area contributed by atoms with Gasteiger partial charge < -0.3 is 14.6 Å². The molecule has 1 aromatic rings. The minimum atomic E-state index is -1.21. The Morgan fingerprint density at radius 3 is 2.29 bits per heavy atom. The Balaban J connectivity index is 0.00000169. The van der Waals surface area contributed by atoms with Crippen LogP contribution in [0, 0.1) is 13.8 Å². The molecule has 0 unspecified atom stereocenters. The summed E-state index contributed by atoms with van der Waals surface area (Å²) in [6.45, 7) is 3.35. The Bertz CT molecular complexity index is 303. The van der Waals surface area contributed by atoms with Crippen LogP contribution in [0.3, 0.4) is 0 Å². The van der Waals surface area contributed by atoms with Gasteiger partial charge in [0.1, 0.15) is 12.4 Å². The Morgan fingerprint density at radius 2 is 1.86 bits per heavy atom. The van der Waals surface area contributed by atoms with E-state index < -0.39 is 12.6 Å². The van der Waals surface area contributed by atoms with E-state index in [9.17, 15) is 9.90 Å². The fourth-order valence-electron chi connectivity index (χ4n) is 1.16. The molecule has 0 fully saturated rings. The zero-order chi connectivity index (χ0) is 9.84. The molecule has 3 nitrogen and oxygen atoms in total. The van der Waals surface area contributed by atoms with Crippen LogP contribution >= 0.6 is 0 Å². The van der Waals surface area contributed by atoms with Gasteiger partial charge in [-0.15, -0.1) is 0 Å². The number of ether oxygens (including phenoxy) is 1. The van der Waals surface area contributed by atoms with Crippen molar-refractivity contribution in [2.75, 3.05) is 6.61 Å². The Labute approximate surface area is 95.3 Å². The van der Waals surface area contributed by atoms with E-state index in [0.717, 1.165) is 11.1 Å². The quantitative estimate of drug-likeness (QED) is 0.488. The molecule has 0 radical (unpaired) electrons. The molecule has 0 aliphatic carbocycles. The van der Waals surface area contributed by atoms with Crippen molar-refractivity contribution in [2.24, 2.45) is 0 Å². The van der Waals surface area contributed by atoms with Gasteiger partial charge in [0.15, 0.2) is 0 Å². The van der Waals surface area contributed by atoms with Crippen LogP contribution in [0.2, 0.25) is 0 Å². The van der Waals surface area contributed by atoms with E-state index in [4.69, 9.17) is 4.74 Å². The monoisotopic (exact) mass is 186 g/mol. The fourth-order valence-corrected chi connectivity index (χ4v) is 1.16. The Hall–Kier alpha value is -0.913. The van der Waals surface area contributed by atoms with Crippen LogP contribution < -0.4 is 28.7 Å². The van der Waals surface area contributed by atoms with Crippen LogP contribution in [0.1, 0.15) is 11.1 Å². The normalized spacial score (nSPS) is 9.00. The van der Waals surface area contributed by atoms with Gasteiger partial charge >= 0.3 is 18.9 Å². The molecule has 0 aliphatic heterocycles. The SMILES string of the molecule is Cc1cccc(C)c1OCC(=O)[O-].[Li+]. The molecule has 0 bridgehead atoms. The predicted octanol–water partition coefficient (Wildman–Crippen LogP) is -2.56. The molecule has 0 N–H and O–H groups in total. The molecule has 0 heterocycles. The largest absolute Gasteiger partial charge is 1.00 e. The van der Waals surface area contributed by atoms with Crippen molar-refractivity contribution in [1.29, 1.82) is 0 Å². The van der Waals surface area contributed by atoms with E-state index in [1.165, 1.54) is 0 Å². The van der Waals surface area contributed by atoms with E-state index in [1.54, 1.807) is 0 Å². The maximum Gasteiger partial charge on any atom is 1.00 e. The molecule has 0 aliphatic rings. The summed E-state index contributed by atoms with van der Waals surface area (Å²) < 4.78 is 5.07. The molecular weight excluding hydrogens is 175 g/mol. The number of aryl methyl sites for hydroxylation is 2. The third-order valence-electron chi connectivity index (χ3n) is 1.74. The summed E-state index contributed by atoms with van der Waals surface area (Å²) in [5.41, 5.74) is 1.86. The summed E-state index contributed by atoms with van der Waals surface area (Å²) in [4.78, 5) is 10.2. The molecule has 0 amide bonds. The minimum absolute atomic E-state index is 0. The molecule has 1 aromatic carbocycles. The molecule has 14 heavy (non-hydrogen) atoms. The van der Waals surface area contributed by atoms with E-state index in [0.29, 0.717) is 5.75 Å². The van der Waals surface area contributed by atoms with Gasteiger partial charge in [-0.3, -0.25) is 0 Å². The second-order valence-corrected chi connectivity index (χ2v) is 2.88. The number of hydrogen-bond donors (Lipinski definition) is 0. The molecule has 0 aromatic heterocycles. The van der Waals surface area contributed by atoms with Crippen LogP contribution in [0.25, 0.3) is 0 Å². The maximum absolute atomic E-state index is 10.2. The summed E-state index contributed by atoms with van der Waals surface area (Å²) in [7, 11) is 0. The minimum Gasteiger partial charge on any atom is -0.546 e. The number of carboxylic acids is 1. The molecule has 0 atom stereocenters. The number of rotatable bonds is 3. The number of carboxylic acid groups (broad SMARTS) is 1. The van der Waals surface area contributed by atoms with Gasteiger partial charge in [-0.25, -0.2) is 0 Å². The van der Waals surface area contributed by atoms with Crippen LogP contribution in [-0.2, 0) is 4.79 Å². The fraction of sp³-hybridized carbons (Fsp3) is 0.300. The molecule has 1 rings (SSSR count). The van der Waals surface area contributed by atoms with Crippen molar-refractivity contribution in [3.8, 4) is 5.75 Å². The smallest absolute Gasteiger partial charge is 0.546 e. The average Bonchev–Trinajstić information content (AvgIpc) is 2.03. The van der Waals surface area contributed by atoms with Gasteiger partial charge in [0.05, 0.1) is 5.97 Å². The predicted molar refractivity (Wildman–Crippen MR) is 46.4 cm³/mol. The van der Waals surface area contributed by atoms with Crippen LogP contribution in [0.4, 0.5) is 0 Å². The van der Waals surface area contributed by atoms with Gasteiger partial charge in [-0.2, -0.15) is 0 Å². The number of carbonyl (C=O) groups excluding carboxylic acids is 1. The van der Waals surface area contributed by atoms with Crippen molar-refractivity contribution >= 4 is 5.97 Å². The first-order chi connectivity index (χ1) is 6.11. The number of benzene rings is 1. The van der Waals surface area contributed by atoms with Crippen molar-refractivity contribution in [3.05, 3.63) is 29.3 Å². The number of para-hydroxylation sites is 1. The first-order valence-electron chi connectivity index (χ1n) is 4.00. The van der Waals surface area contributed by atoms with Gasteiger partial charge in [0.25, 0.3) is 0 Å². The second-order valence-electron chi connectivity index (χ2n) is 2.88. The van der Waals surface area contributed by atoms with Crippen molar-refractivity contribution < 1.29 is 33.5 Å². The Morgan fingerprint density at radius 1 is 1.36 bits per heavy atom. The van der Waals surface area contributed by atoms with Crippen molar-refractivity contribution in [2.45, 2.75) is 13.8 Å². The topological polar surface area (TPSA) is 49.4 Å². The van der Waals surface area contributed by atoms with Crippen LogP contribution in [-0.4, -0.2) is 12.6 Å². The zero-order valence-electron chi connectivity index (χ0n) is 8.66. The summed E-state index contributed by atoms with van der Waals surface area (Å²) in [6.07, 6.45) is 0. The summed E-state index contributed by atoms with van der Waals surface area (Å²) in [5, 5.41) is 10.2. The second kappa shape index (κ2) is 5.74. The average molecular weight is 186 g/mol. The first kappa shape index (κ1) is 13.1. The van der Waals surface area contributed by atoms with E-state index in [2.05, 4.69) is 0 Å². The van der Waals surface area contributed by atoms with Gasteiger partial charge in [0.2, 0.25) is 0 Å². The van der Waals surface area contributed by atoms with Crippen molar-refractivity contribution in [3.63, 3.8) is 0 Å². The van der Waals surface area contributed by atoms with Crippen LogP contribution in [0.5, 0.6) is 5.75 Å². The third-order valence-corrected chi connectivity index (χ3v) is 1.74. The molecular formula is C10H11LiO3. The third kappa shape index (κ3) is 3.45. The molecule has 0 saturated heterocycles. The van der Waals surface area contributed by atoms with E-state index >= 15 is 0 Å². The van der Waals surface area contributed by atoms with Gasteiger partial charge in [-0.1, -0.05) is 18.2 Å². The maximum atomic E-state index is 10.2. The summed E-state index contributed by atoms with van der Waals surface area (Å²) in [5.74, 6) is -0.575. The standard InChI is InChI=1S/C10H12O3.Li/c1-7-4-3-5-8(2)10(7)13-6-9(11)12;/h3-5H,6H2,1-2H3,(H,11,12);/q;+1/p-1. The van der Waals surface area contributed by atoms with Gasteiger partial charge in [-0.05, 0) is 25.0 Å². The first-order valence-corrected chi connectivity index (χ1v) is 4.00. The van der Waals surface area contributed by atoms with E-state index in [-0.39, 0.29) is 18.9 Å². The van der Waals surface area contributed by atoms with Gasteiger partial charge in [0, 0.05) is 0 Å². The number of carbonyl (C=O) groups is 1. The summed E-state index contributed by atoms with van der Waals surface area (Å²) in [6, 6.07) is 5.64. The molecule has 0 spiro atoms. The molecule has 0 saturated carbocycles. The Kier molecular flexibility index (Phi) is 5.37. The molecule has 70 valence electrons. The van der Waals surface area contributed by atoms with E-state index in [1.807, 2.05) is 32.0 Å². The molecule has 4 heteroatoms. The van der Waals surface area contributed by atoms with Crippen molar-refractivity contribution in [1.82, 2.24) is 0 Å². The number of aliphatic carboxylic acids is 1. The number of hydrogen-bond acceptors (Lipinski definition) is 3. The van der Waals surface area contributed by atoms with Crippen LogP contribution in [0.15, 0.2) is 18.2 Å².